The highest BCUT2D eigenvalue weighted by Gasteiger charge is 2.29. The zero-order chi connectivity index (χ0) is 16.9. The van der Waals surface area contributed by atoms with E-state index in [1.807, 2.05) is 12.1 Å². The summed E-state index contributed by atoms with van der Waals surface area (Å²) in [7, 11) is 0. The standard InChI is InChI=1S/C16H19N5O3/c1-2-24-16(23)12-7-9-20(10-8-12)15(22)13-5-3-4-6-14(13)21-11-17-18-19-21/h3-6,11-12H,2,7-10H2,1H3. The van der Waals surface area contributed by atoms with Gasteiger partial charge in [-0.15, -0.1) is 5.10 Å². The van der Waals surface area contributed by atoms with Crippen molar-refractivity contribution in [1.29, 1.82) is 0 Å². The number of piperidine rings is 1. The molecule has 0 radical (unpaired) electrons. The Kier molecular flexibility index (Phi) is 4.83. The summed E-state index contributed by atoms with van der Waals surface area (Å²) in [5.74, 6) is -0.370. The Morgan fingerprint density at radius 1 is 1.25 bits per heavy atom. The number of hydrogen-bond acceptors (Lipinski definition) is 6. The highest BCUT2D eigenvalue weighted by Crippen LogP contribution is 2.22. The number of tetrazole rings is 1. The van der Waals surface area contributed by atoms with Crippen LogP contribution in [0.3, 0.4) is 0 Å². The van der Waals surface area contributed by atoms with Crippen LogP contribution < -0.4 is 0 Å². The Bertz CT molecular complexity index is 708. The van der Waals surface area contributed by atoms with Crippen LogP contribution in [0.1, 0.15) is 30.1 Å². The van der Waals surface area contributed by atoms with Crippen LogP contribution in [-0.4, -0.2) is 56.7 Å². The van der Waals surface area contributed by atoms with Crippen molar-refractivity contribution in [1.82, 2.24) is 25.1 Å². The number of amides is 1. The Balaban J connectivity index is 1.72. The van der Waals surface area contributed by atoms with Gasteiger partial charge in [0.2, 0.25) is 0 Å². The molecule has 1 aliphatic heterocycles. The average Bonchev–Trinajstić information content (AvgIpc) is 3.16. The fraction of sp³-hybridized carbons (Fsp3) is 0.438. The molecule has 0 N–H and O–H groups in total. The lowest BCUT2D eigenvalue weighted by Gasteiger charge is -2.31. The molecule has 0 aliphatic carbocycles. The van der Waals surface area contributed by atoms with E-state index >= 15 is 0 Å². The molecule has 2 heterocycles. The predicted molar refractivity (Wildman–Crippen MR) is 84.4 cm³/mol. The minimum atomic E-state index is -0.168. The molecule has 0 bridgehead atoms. The molecule has 0 unspecified atom stereocenters. The van der Waals surface area contributed by atoms with E-state index in [9.17, 15) is 9.59 Å². The second-order valence-corrected chi connectivity index (χ2v) is 5.59. The van der Waals surface area contributed by atoms with Crippen LogP contribution in [0.2, 0.25) is 0 Å². The summed E-state index contributed by atoms with van der Waals surface area (Å²) in [6.07, 6.45) is 2.70. The molecular weight excluding hydrogens is 310 g/mol. The molecule has 24 heavy (non-hydrogen) atoms. The van der Waals surface area contributed by atoms with E-state index < -0.39 is 0 Å². The minimum Gasteiger partial charge on any atom is -0.466 e. The van der Waals surface area contributed by atoms with E-state index in [1.54, 1.807) is 24.0 Å². The average molecular weight is 329 g/mol. The zero-order valence-electron chi connectivity index (χ0n) is 13.5. The Morgan fingerprint density at radius 3 is 2.67 bits per heavy atom. The SMILES string of the molecule is CCOC(=O)C1CCN(C(=O)c2ccccc2-n2cnnn2)CC1. The quantitative estimate of drug-likeness (QED) is 0.780. The highest BCUT2D eigenvalue weighted by atomic mass is 16.5. The molecule has 0 saturated carbocycles. The second-order valence-electron chi connectivity index (χ2n) is 5.59. The van der Waals surface area contributed by atoms with Gasteiger partial charge in [-0.05, 0) is 42.3 Å². The van der Waals surface area contributed by atoms with Crippen molar-refractivity contribution in [3.8, 4) is 5.69 Å². The molecule has 1 saturated heterocycles. The largest absolute Gasteiger partial charge is 0.466 e. The van der Waals surface area contributed by atoms with Crippen LogP contribution in [0, 0.1) is 5.92 Å². The fourth-order valence-corrected chi connectivity index (χ4v) is 2.87. The Hall–Kier alpha value is -2.77. The first-order valence-electron chi connectivity index (χ1n) is 7.99. The van der Waals surface area contributed by atoms with Crippen molar-refractivity contribution in [2.24, 2.45) is 5.92 Å². The minimum absolute atomic E-state index is 0.0802. The van der Waals surface area contributed by atoms with Crippen molar-refractivity contribution in [2.75, 3.05) is 19.7 Å². The van der Waals surface area contributed by atoms with E-state index in [2.05, 4.69) is 15.5 Å². The number of esters is 1. The Morgan fingerprint density at radius 2 is 2.00 bits per heavy atom. The van der Waals surface area contributed by atoms with Gasteiger partial charge >= 0.3 is 5.97 Å². The first-order valence-corrected chi connectivity index (χ1v) is 7.99. The molecule has 1 aromatic heterocycles. The van der Waals surface area contributed by atoms with Crippen LogP contribution in [0.25, 0.3) is 5.69 Å². The first kappa shape index (κ1) is 16.1. The molecule has 1 aliphatic rings. The molecule has 8 nitrogen and oxygen atoms in total. The number of carbonyl (C=O) groups is 2. The summed E-state index contributed by atoms with van der Waals surface area (Å²) in [6, 6.07) is 7.21. The summed E-state index contributed by atoms with van der Waals surface area (Å²) < 4.78 is 6.53. The predicted octanol–water partition coefficient (Wildman–Crippen LogP) is 1.08. The van der Waals surface area contributed by atoms with E-state index in [0.29, 0.717) is 43.8 Å². The third-order valence-corrected chi connectivity index (χ3v) is 4.13. The molecule has 0 atom stereocenters. The van der Waals surface area contributed by atoms with Gasteiger partial charge in [-0.3, -0.25) is 9.59 Å². The smallest absolute Gasteiger partial charge is 0.309 e. The van der Waals surface area contributed by atoms with Crippen LogP contribution in [0.15, 0.2) is 30.6 Å². The Labute approximate surface area is 139 Å². The van der Waals surface area contributed by atoms with Crippen molar-refractivity contribution in [3.63, 3.8) is 0 Å². The number of ether oxygens (including phenoxy) is 1. The lowest BCUT2D eigenvalue weighted by molar-refractivity contribution is -0.149. The number of nitrogens with zero attached hydrogens (tertiary/aromatic N) is 5. The van der Waals surface area contributed by atoms with Crippen molar-refractivity contribution in [2.45, 2.75) is 19.8 Å². The van der Waals surface area contributed by atoms with Gasteiger partial charge in [-0.2, -0.15) is 4.68 Å². The number of para-hydroxylation sites is 1. The first-order chi connectivity index (χ1) is 11.7. The number of benzene rings is 1. The lowest BCUT2D eigenvalue weighted by atomic mass is 9.96. The maximum Gasteiger partial charge on any atom is 0.309 e. The lowest BCUT2D eigenvalue weighted by Crippen LogP contribution is -2.41. The van der Waals surface area contributed by atoms with Crippen LogP contribution in [-0.2, 0) is 9.53 Å². The van der Waals surface area contributed by atoms with E-state index in [1.165, 1.54) is 11.0 Å². The normalized spacial score (nSPS) is 15.3. The topological polar surface area (TPSA) is 90.2 Å². The number of carbonyl (C=O) groups excluding carboxylic acids is 2. The monoisotopic (exact) mass is 329 g/mol. The molecule has 3 rings (SSSR count). The molecule has 8 heteroatoms. The third-order valence-electron chi connectivity index (χ3n) is 4.13. The van der Waals surface area contributed by atoms with Crippen molar-refractivity contribution < 1.29 is 14.3 Å². The molecule has 1 aromatic carbocycles. The summed E-state index contributed by atoms with van der Waals surface area (Å²) >= 11 is 0. The molecular formula is C16H19N5O3. The van der Waals surface area contributed by atoms with Crippen LogP contribution in [0.4, 0.5) is 0 Å². The van der Waals surface area contributed by atoms with E-state index in [4.69, 9.17) is 4.74 Å². The van der Waals surface area contributed by atoms with Crippen LogP contribution >= 0.6 is 0 Å². The van der Waals surface area contributed by atoms with Gasteiger partial charge in [0.15, 0.2) is 0 Å². The maximum absolute atomic E-state index is 12.8. The maximum atomic E-state index is 12.8. The van der Waals surface area contributed by atoms with Crippen molar-refractivity contribution in [3.05, 3.63) is 36.2 Å². The molecule has 1 amide bonds. The summed E-state index contributed by atoms with van der Waals surface area (Å²) in [6.45, 7) is 3.25. The second kappa shape index (κ2) is 7.20. The van der Waals surface area contributed by atoms with Crippen molar-refractivity contribution >= 4 is 11.9 Å². The molecule has 1 fully saturated rings. The van der Waals surface area contributed by atoms with E-state index in [-0.39, 0.29) is 17.8 Å². The van der Waals surface area contributed by atoms with Gasteiger partial charge in [0.1, 0.15) is 6.33 Å². The van der Waals surface area contributed by atoms with Gasteiger partial charge in [-0.1, -0.05) is 12.1 Å². The number of likely N-dealkylation sites (tertiary alicyclic amines) is 1. The van der Waals surface area contributed by atoms with E-state index in [0.717, 1.165) is 0 Å². The summed E-state index contributed by atoms with van der Waals surface area (Å²) in [5, 5.41) is 11.1. The van der Waals surface area contributed by atoms with Gasteiger partial charge in [-0.25, -0.2) is 0 Å². The number of rotatable bonds is 4. The molecule has 0 spiro atoms. The molecule has 2 aromatic rings. The summed E-state index contributed by atoms with van der Waals surface area (Å²) in [5.41, 5.74) is 1.18. The molecule has 126 valence electrons. The van der Waals surface area contributed by atoms with Gasteiger partial charge < -0.3 is 9.64 Å². The van der Waals surface area contributed by atoms with Gasteiger partial charge in [0, 0.05) is 13.1 Å². The third kappa shape index (κ3) is 3.27. The van der Waals surface area contributed by atoms with Crippen LogP contribution in [0.5, 0.6) is 0 Å². The highest BCUT2D eigenvalue weighted by molar-refractivity contribution is 5.97. The van der Waals surface area contributed by atoms with Gasteiger partial charge in [0.05, 0.1) is 23.8 Å². The summed E-state index contributed by atoms with van der Waals surface area (Å²) in [4.78, 5) is 26.4. The zero-order valence-corrected chi connectivity index (χ0v) is 13.5. The van der Waals surface area contributed by atoms with Gasteiger partial charge in [0.25, 0.3) is 5.91 Å². The number of hydrogen-bond donors (Lipinski definition) is 0. The fourth-order valence-electron chi connectivity index (χ4n) is 2.87. The number of aromatic nitrogens is 4.